The summed E-state index contributed by atoms with van der Waals surface area (Å²) in [5, 5.41) is 4.63. The van der Waals surface area contributed by atoms with Crippen LogP contribution >= 0.6 is 11.6 Å². The smallest absolute Gasteiger partial charge is 0.244 e. The zero-order valence-electron chi connectivity index (χ0n) is 14.6. The molecule has 1 heterocycles. The van der Waals surface area contributed by atoms with Crippen molar-refractivity contribution in [2.24, 2.45) is 5.10 Å². The summed E-state index contributed by atoms with van der Waals surface area (Å²) < 4.78 is 5.69. The molecule has 0 aliphatic carbocycles. The molecule has 0 saturated heterocycles. The monoisotopic (exact) mass is 366 g/mol. The fourth-order valence-electron chi connectivity index (χ4n) is 2.50. The van der Waals surface area contributed by atoms with Crippen LogP contribution in [0.5, 0.6) is 0 Å². The van der Waals surface area contributed by atoms with Crippen molar-refractivity contribution >= 4 is 23.7 Å². The zero-order valence-corrected chi connectivity index (χ0v) is 15.4. The number of rotatable bonds is 5. The van der Waals surface area contributed by atoms with E-state index in [2.05, 4.69) is 10.5 Å². The van der Waals surface area contributed by atoms with Crippen molar-refractivity contribution in [2.45, 2.75) is 20.3 Å². The van der Waals surface area contributed by atoms with Gasteiger partial charge in [0.1, 0.15) is 11.5 Å². The van der Waals surface area contributed by atoms with Gasteiger partial charge in [-0.25, -0.2) is 5.43 Å². The molecule has 0 saturated carbocycles. The molecular weight excluding hydrogens is 348 g/mol. The molecule has 3 aromatic rings. The summed E-state index contributed by atoms with van der Waals surface area (Å²) in [6.07, 6.45) is 1.77. The minimum atomic E-state index is -0.172. The van der Waals surface area contributed by atoms with E-state index in [1.165, 1.54) is 17.3 Å². The van der Waals surface area contributed by atoms with Crippen molar-refractivity contribution in [1.82, 2.24) is 5.43 Å². The Labute approximate surface area is 157 Å². The average molecular weight is 367 g/mol. The highest BCUT2D eigenvalue weighted by Crippen LogP contribution is 2.23. The molecule has 0 unspecified atom stereocenters. The first-order valence-electron chi connectivity index (χ1n) is 8.25. The van der Waals surface area contributed by atoms with E-state index in [0.717, 1.165) is 11.1 Å². The van der Waals surface area contributed by atoms with Crippen LogP contribution in [0, 0.1) is 13.8 Å². The van der Waals surface area contributed by atoms with Crippen LogP contribution < -0.4 is 5.43 Å². The first-order valence-corrected chi connectivity index (χ1v) is 8.63. The lowest BCUT2D eigenvalue weighted by Crippen LogP contribution is -2.19. The first kappa shape index (κ1) is 18.0. The number of nitrogens with one attached hydrogen (secondary N) is 1. The second kappa shape index (κ2) is 8.02. The number of carbonyl (C=O) groups is 1. The fourth-order valence-corrected chi connectivity index (χ4v) is 2.62. The molecule has 3 rings (SSSR count). The maximum absolute atomic E-state index is 12.0. The van der Waals surface area contributed by atoms with Gasteiger partial charge in [-0.15, -0.1) is 0 Å². The van der Waals surface area contributed by atoms with E-state index >= 15 is 0 Å². The lowest BCUT2D eigenvalue weighted by molar-refractivity contribution is -0.120. The number of nitrogens with zero attached hydrogens (tertiary/aromatic N) is 1. The van der Waals surface area contributed by atoms with Crippen molar-refractivity contribution in [2.75, 3.05) is 0 Å². The molecule has 0 aliphatic rings. The fraction of sp³-hybridized carbons (Fsp3) is 0.143. The first-order chi connectivity index (χ1) is 12.5. The maximum atomic E-state index is 12.0. The van der Waals surface area contributed by atoms with Crippen LogP contribution in [0.3, 0.4) is 0 Å². The Morgan fingerprint density at radius 2 is 1.85 bits per heavy atom. The standard InChI is InChI=1S/C21H19ClN2O2/c1-14-3-4-16(11-15(14)2)12-21(25)24-23-13-19-9-10-20(26-19)17-5-7-18(22)8-6-17/h3-11,13H,12H2,1-2H3,(H,24,25)/b23-13-. The quantitative estimate of drug-likeness (QED) is 0.515. The van der Waals surface area contributed by atoms with Crippen molar-refractivity contribution in [3.63, 3.8) is 0 Å². The Bertz CT molecular complexity index is 943. The topological polar surface area (TPSA) is 54.6 Å². The highest BCUT2D eigenvalue weighted by atomic mass is 35.5. The number of carbonyl (C=O) groups excluding carboxylic acids is 1. The normalized spacial score (nSPS) is 11.0. The Hall–Kier alpha value is -2.85. The van der Waals surface area contributed by atoms with Gasteiger partial charge in [0.25, 0.3) is 0 Å². The van der Waals surface area contributed by atoms with Gasteiger partial charge in [0.15, 0.2) is 0 Å². The largest absolute Gasteiger partial charge is 0.455 e. The molecule has 1 N–H and O–H groups in total. The summed E-state index contributed by atoms with van der Waals surface area (Å²) in [6, 6.07) is 17.0. The van der Waals surface area contributed by atoms with Gasteiger partial charge < -0.3 is 4.42 Å². The predicted octanol–water partition coefficient (Wildman–Crippen LogP) is 4.91. The van der Waals surface area contributed by atoms with E-state index < -0.39 is 0 Å². The van der Waals surface area contributed by atoms with Crippen LogP contribution in [0.2, 0.25) is 5.02 Å². The van der Waals surface area contributed by atoms with Crippen LogP contribution in [0.1, 0.15) is 22.5 Å². The van der Waals surface area contributed by atoms with Gasteiger partial charge in [0.05, 0.1) is 12.6 Å². The highest BCUT2D eigenvalue weighted by molar-refractivity contribution is 6.30. The number of amides is 1. The maximum Gasteiger partial charge on any atom is 0.244 e. The third-order valence-electron chi connectivity index (χ3n) is 4.07. The van der Waals surface area contributed by atoms with Gasteiger partial charge in [0, 0.05) is 10.6 Å². The van der Waals surface area contributed by atoms with E-state index in [1.54, 1.807) is 18.2 Å². The number of benzene rings is 2. The van der Waals surface area contributed by atoms with Gasteiger partial charge in [-0.3, -0.25) is 4.79 Å². The molecule has 4 nitrogen and oxygen atoms in total. The van der Waals surface area contributed by atoms with E-state index in [9.17, 15) is 4.79 Å². The van der Waals surface area contributed by atoms with E-state index in [1.807, 2.05) is 50.2 Å². The molecule has 0 fully saturated rings. The molecule has 5 heteroatoms. The number of furan rings is 1. The van der Waals surface area contributed by atoms with Gasteiger partial charge in [-0.05, 0) is 66.9 Å². The minimum absolute atomic E-state index is 0.172. The Morgan fingerprint density at radius 3 is 2.58 bits per heavy atom. The van der Waals surface area contributed by atoms with Gasteiger partial charge in [0.2, 0.25) is 5.91 Å². The third kappa shape index (κ3) is 4.61. The van der Waals surface area contributed by atoms with Gasteiger partial charge in [-0.1, -0.05) is 29.8 Å². The van der Waals surface area contributed by atoms with E-state index in [0.29, 0.717) is 16.5 Å². The number of hydrogen-bond donors (Lipinski definition) is 1. The average Bonchev–Trinajstić information content (AvgIpc) is 3.08. The van der Waals surface area contributed by atoms with Crippen LogP contribution in [0.15, 0.2) is 64.1 Å². The Kier molecular flexibility index (Phi) is 5.54. The van der Waals surface area contributed by atoms with Crippen LogP contribution in [0.4, 0.5) is 0 Å². The summed E-state index contributed by atoms with van der Waals surface area (Å²) in [5.41, 5.74) is 6.79. The number of hydrazone groups is 1. The Morgan fingerprint density at radius 1 is 1.08 bits per heavy atom. The molecule has 2 aromatic carbocycles. The number of aryl methyl sites for hydroxylation is 2. The Balaban J connectivity index is 1.57. The molecule has 26 heavy (non-hydrogen) atoms. The van der Waals surface area contributed by atoms with Gasteiger partial charge >= 0.3 is 0 Å². The molecule has 0 bridgehead atoms. The number of halogens is 1. The summed E-state index contributed by atoms with van der Waals surface area (Å²) >= 11 is 5.88. The van der Waals surface area contributed by atoms with Crippen molar-refractivity contribution in [3.05, 3.63) is 82.1 Å². The van der Waals surface area contributed by atoms with Crippen molar-refractivity contribution < 1.29 is 9.21 Å². The van der Waals surface area contributed by atoms with Crippen molar-refractivity contribution in [1.29, 1.82) is 0 Å². The summed E-state index contributed by atoms with van der Waals surface area (Å²) in [5.74, 6) is 1.10. The third-order valence-corrected chi connectivity index (χ3v) is 4.32. The zero-order chi connectivity index (χ0) is 18.5. The number of hydrogen-bond acceptors (Lipinski definition) is 3. The highest BCUT2D eigenvalue weighted by Gasteiger charge is 2.05. The molecule has 1 aromatic heterocycles. The SMILES string of the molecule is Cc1ccc(CC(=O)N/N=C\c2ccc(-c3ccc(Cl)cc3)o2)cc1C. The predicted molar refractivity (Wildman–Crippen MR) is 105 cm³/mol. The van der Waals surface area contributed by atoms with Crippen LogP contribution in [0.25, 0.3) is 11.3 Å². The molecule has 0 aliphatic heterocycles. The second-order valence-electron chi connectivity index (χ2n) is 6.10. The molecule has 0 radical (unpaired) electrons. The van der Waals surface area contributed by atoms with Crippen LogP contribution in [-0.4, -0.2) is 12.1 Å². The lowest BCUT2D eigenvalue weighted by atomic mass is 10.0. The molecule has 1 amide bonds. The summed E-state index contributed by atoms with van der Waals surface area (Å²) in [4.78, 5) is 12.0. The van der Waals surface area contributed by atoms with Crippen LogP contribution in [-0.2, 0) is 11.2 Å². The molecular formula is C21H19ClN2O2. The summed E-state index contributed by atoms with van der Waals surface area (Å²) in [7, 11) is 0. The van der Waals surface area contributed by atoms with Gasteiger partial charge in [-0.2, -0.15) is 5.10 Å². The molecule has 0 atom stereocenters. The molecule has 0 spiro atoms. The lowest BCUT2D eigenvalue weighted by Gasteiger charge is -2.04. The molecule has 132 valence electrons. The van der Waals surface area contributed by atoms with Crippen molar-refractivity contribution in [3.8, 4) is 11.3 Å². The summed E-state index contributed by atoms with van der Waals surface area (Å²) in [6.45, 7) is 4.08. The second-order valence-corrected chi connectivity index (χ2v) is 6.53. The van der Waals surface area contributed by atoms with E-state index in [4.69, 9.17) is 16.0 Å². The minimum Gasteiger partial charge on any atom is -0.455 e. The van der Waals surface area contributed by atoms with E-state index in [-0.39, 0.29) is 12.3 Å².